The minimum absolute atomic E-state index is 0.381. The fourth-order valence-corrected chi connectivity index (χ4v) is 1.49. The van der Waals surface area contributed by atoms with Crippen molar-refractivity contribution in [3.05, 3.63) is 35.7 Å². The SMILES string of the molecule is COc1cc(-c2nc(CN)co2)ccc1C. The quantitative estimate of drug-likeness (QED) is 0.857. The van der Waals surface area contributed by atoms with Crippen LogP contribution in [0.2, 0.25) is 0 Å². The van der Waals surface area contributed by atoms with Crippen molar-refractivity contribution < 1.29 is 9.15 Å². The predicted molar refractivity (Wildman–Crippen MR) is 61.1 cm³/mol. The molecule has 16 heavy (non-hydrogen) atoms. The molecule has 4 nitrogen and oxygen atoms in total. The van der Waals surface area contributed by atoms with E-state index < -0.39 is 0 Å². The molecular weight excluding hydrogens is 204 g/mol. The maximum atomic E-state index is 5.47. The summed E-state index contributed by atoms with van der Waals surface area (Å²) in [5.74, 6) is 1.39. The highest BCUT2D eigenvalue weighted by atomic mass is 16.5. The fraction of sp³-hybridized carbons (Fsp3) is 0.250. The largest absolute Gasteiger partial charge is 0.496 e. The number of hydrogen-bond acceptors (Lipinski definition) is 4. The van der Waals surface area contributed by atoms with Crippen LogP contribution in [0.25, 0.3) is 11.5 Å². The molecule has 4 heteroatoms. The van der Waals surface area contributed by atoms with E-state index in [-0.39, 0.29) is 0 Å². The van der Waals surface area contributed by atoms with Crippen LogP contribution in [0.3, 0.4) is 0 Å². The molecule has 0 fully saturated rings. The van der Waals surface area contributed by atoms with Crippen LogP contribution in [0, 0.1) is 6.92 Å². The molecular formula is C12H14N2O2. The zero-order chi connectivity index (χ0) is 11.5. The van der Waals surface area contributed by atoms with Gasteiger partial charge in [0, 0.05) is 12.1 Å². The molecule has 0 aliphatic heterocycles. The lowest BCUT2D eigenvalue weighted by atomic mass is 10.1. The third-order valence-electron chi connectivity index (χ3n) is 2.42. The number of ether oxygens (including phenoxy) is 1. The summed E-state index contributed by atoms with van der Waals surface area (Å²) in [6.45, 7) is 2.37. The molecule has 0 unspecified atom stereocenters. The number of nitrogens with zero attached hydrogens (tertiary/aromatic N) is 1. The lowest BCUT2D eigenvalue weighted by molar-refractivity contribution is 0.411. The molecule has 0 aliphatic rings. The van der Waals surface area contributed by atoms with Gasteiger partial charge in [-0.2, -0.15) is 0 Å². The van der Waals surface area contributed by atoms with Gasteiger partial charge in [0.1, 0.15) is 12.0 Å². The van der Waals surface area contributed by atoms with Crippen molar-refractivity contribution in [3.63, 3.8) is 0 Å². The van der Waals surface area contributed by atoms with Crippen molar-refractivity contribution >= 4 is 0 Å². The molecule has 1 heterocycles. The summed E-state index contributed by atoms with van der Waals surface area (Å²) in [5, 5.41) is 0. The number of benzene rings is 1. The van der Waals surface area contributed by atoms with E-state index in [2.05, 4.69) is 4.98 Å². The molecule has 0 spiro atoms. The molecule has 2 rings (SSSR count). The summed E-state index contributed by atoms with van der Waals surface area (Å²) < 4.78 is 10.6. The average Bonchev–Trinajstić information content (AvgIpc) is 2.78. The Morgan fingerprint density at radius 2 is 2.25 bits per heavy atom. The zero-order valence-electron chi connectivity index (χ0n) is 9.36. The summed E-state index contributed by atoms with van der Waals surface area (Å²) in [5.41, 5.74) is 8.19. The van der Waals surface area contributed by atoms with E-state index >= 15 is 0 Å². The Kier molecular flexibility index (Phi) is 2.92. The molecule has 1 aromatic heterocycles. The van der Waals surface area contributed by atoms with Gasteiger partial charge >= 0.3 is 0 Å². The second-order valence-corrected chi connectivity index (χ2v) is 3.53. The maximum absolute atomic E-state index is 5.47. The summed E-state index contributed by atoms with van der Waals surface area (Å²) in [4.78, 5) is 4.26. The number of nitrogens with two attached hydrogens (primary N) is 1. The Morgan fingerprint density at radius 1 is 1.44 bits per heavy atom. The Bertz CT molecular complexity index is 492. The minimum atomic E-state index is 0.381. The summed E-state index contributed by atoms with van der Waals surface area (Å²) in [7, 11) is 1.65. The van der Waals surface area contributed by atoms with E-state index in [1.165, 1.54) is 0 Å². The summed E-state index contributed by atoms with van der Waals surface area (Å²) in [6.07, 6.45) is 1.57. The van der Waals surface area contributed by atoms with Crippen molar-refractivity contribution in [1.82, 2.24) is 4.98 Å². The van der Waals surface area contributed by atoms with Crippen LogP contribution >= 0.6 is 0 Å². The van der Waals surface area contributed by atoms with Crippen LogP contribution in [0.5, 0.6) is 5.75 Å². The predicted octanol–water partition coefficient (Wildman–Crippen LogP) is 2.12. The summed E-state index contributed by atoms with van der Waals surface area (Å²) in [6, 6.07) is 5.83. The van der Waals surface area contributed by atoms with Crippen LogP contribution in [0.4, 0.5) is 0 Å². The van der Waals surface area contributed by atoms with Gasteiger partial charge in [0.05, 0.1) is 12.8 Å². The summed E-state index contributed by atoms with van der Waals surface area (Å²) >= 11 is 0. The minimum Gasteiger partial charge on any atom is -0.496 e. The van der Waals surface area contributed by atoms with Gasteiger partial charge in [0.25, 0.3) is 0 Å². The van der Waals surface area contributed by atoms with Gasteiger partial charge in [-0.1, -0.05) is 6.07 Å². The van der Waals surface area contributed by atoms with E-state index in [1.807, 2.05) is 25.1 Å². The molecule has 84 valence electrons. The third kappa shape index (κ3) is 1.92. The topological polar surface area (TPSA) is 61.3 Å². The number of hydrogen-bond donors (Lipinski definition) is 1. The number of rotatable bonds is 3. The first kappa shape index (κ1) is 10.7. The van der Waals surface area contributed by atoms with E-state index in [0.29, 0.717) is 12.4 Å². The van der Waals surface area contributed by atoms with Gasteiger partial charge in [-0.05, 0) is 24.6 Å². The van der Waals surface area contributed by atoms with Gasteiger partial charge < -0.3 is 14.9 Å². The first-order valence-electron chi connectivity index (χ1n) is 5.04. The normalized spacial score (nSPS) is 10.4. The third-order valence-corrected chi connectivity index (χ3v) is 2.42. The molecule has 0 saturated carbocycles. The van der Waals surface area contributed by atoms with Crippen LogP contribution in [0.1, 0.15) is 11.3 Å². The van der Waals surface area contributed by atoms with E-state index in [0.717, 1.165) is 22.6 Å². The van der Waals surface area contributed by atoms with E-state index in [9.17, 15) is 0 Å². The molecule has 0 bridgehead atoms. The molecule has 0 radical (unpaired) electrons. The molecule has 1 aromatic carbocycles. The first-order valence-corrected chi connectivity index (χ1v) is 5.04. The lowest BCUT2D eigenvalue weighted by Crippen LogP contribution is -1.95. The van der Waals surface area contributed by atoms with Crippen molar-refractivity contribution in [1.29, 1.82) is 0 Å². The van der Waals surface area contributed by atoms with Gasteiger partial charge in [-0.25, -0.2) is 4.98 Å². The first-order chi connectivity index (χ1) is 7.74. The molecule has 0 amide bonds. The van der Waals surface area contributed by atoms with Crippen LogP contribution in [-0.2, 0) is 6.54 Å². The molecule has 2 N–H and O–H groups in total. The molecule has 0 aliphatic carbocycles. The fourth-order valence-electron chi connectivity index (χ4n) is 1.49. The Labute approximate surface area is 94.1 Å². The second kappa shape index (κ2) is 4.37. The number of aryl methyl sites for hydroxylation is 1. The van der Waals surface area contributed by atoms with E-state index in [4.69, 9.17) is 14.9 Å². The van der Waals surface area contributed by atoms with E-state index in [1.54, 1.807) is 13.4 Å². The van der Waals surface area contributed by atoms with Crippen molar-refractivity contribution in [2.45, 2.75) is 13.5 Å². The number of methoxy groups -OCH3 is 1. The Balaban J connectivity index is 2.40. The van der Waals surface area contributed by atoms with Crippen LogP contribution in [0.15, 0.2) is 28.9 Å². The Morgan fingerprint density at radius 3 is 2.88 bits per heavy atom. The average molecular weight is 218 g/mol. The van der Waals surface area contributed by atoms with Crippen LogP contribution < -0.4 is 10.5 Å². The maximum Gasteiger partial charge on any atom is 0.226 e. The van der Waals surface area contributed by atoms with Gasteiger partial charge in [-0.15, -0.1) is 0 Å². The highest BCUT2D eigenvalue weighted by Crippen LogP contribution is 2.26. The van der Waals surface area contributed by atoms with Crippen LogP contribution in [-0.4, -0.2) is 12.1 Å². The highest BCUT2D eigenvalue weighted by Gasteiger charge is 2.08. The monoisotopic (exact) mass is 218 g/mol. The van der Waals surface area contributed by atoms with Gasteiger partial charge in [0.2, 0.25) is 5.89 Å². The molecule has 2 aromatic rings. The Hall–Kier alpha value is -1.81. The smallest absolute Gasteiger partial charge is 0.226 e. The standard InChI is InChI=1S/C12H14N2O2/c1-8-3-4-9(5-11(8)15-2)12-14-10(6-13)7-16-12/h3-5,7H,6,13H2,1-2H3. The van der Waals surface area contributed by atoms with Gasteiger partial charge in [0.15, 0.2) is 0 Å². The number of oxazole rings is 1. The van der Waals surface area contributed by atoms with Gasteiger partial charge in [-0.3, -0.25) is 0 Å². The van der Waals surface area contributed by atoms with Crippen molar-refractivity contribution in [2.75, 3.05) is 7.11 Å². The number of aromatic nitrogens is 1. The second-order valence-electron chi connectivity index (χ2n) is 3.53. The lowest BCUT2D eigenvalue weighted by Gasteiger charge is -2.05. The molecule has 0 saturated heterocycles. The van der Waals surface area contributed by atoms with Crippen molar-refractivity contribution in [2.24, 2.45) is 5.73 Å². The van der Waals surface area contributed by atoms with Crippen molar-refractivity contribution in [3.8, 4) is 17.2 Å². The zero-order valence-corrected chi connectivity index (χ0v) is 9.36. The highest BCUT2D eigenvalue weighted by molar-refractivity contribution is 5.57. The molecule has 0 atom stereocenters.